The monoisotopic (exact) mass is 249 g/mol. The van der Waals surface area contributed by atoms with Crippen LogP contribution in [0.1, 0.15) is 42.7 Å². The lowest BCUT2D eigenvalue weighted by Gasteiger charge is -2.21. The SMILES string of the molecule is CCC(CC)C(N)CNC(=O)c1cccnc1C. The van der Waals surface area contributed by atoms with Gasteiger partial charge in [-0.05, 0) is 25.0 Å². The van der Waals surface area contributed by atoms with E-state index in [9.17, 15) is 4.79 Å². The first kappa shape index (κ1) is 14.6. The number of amides is 1. The predicted molar refractivity (Wildman–Crippen MR) is 73.4 cm³/mol. The van der Waals surface area contributed by atoms with Crippen LogP contribution < -0.4 is 11.1 Å². The highest BCUT2D eigenvalue weighted by atomic mass is 16.1. The molecular formula is C14H23N3O. The Hall–Kier alpha value is -1.42. The molecule has 1 unspecified atom stereocenters. The fourth-order valence-corrected chi connectivity index (χ4v) is 2.09. The fraction of sp³-hybridized carbons (Fsp3) is 0.571. The third kappa shape index (κ3) is 3.81. The van der Waals surface area contributed by atoms with Crippen LogP contribution >= 0.6 is 0 Å². The molecule has 1 aromatic heterocycles. The van der Waals surface area contributed by atoms with E-state index in [2.05, 4.69) is 24.1 Å². The molecule has 0 saturated heterocycles. The van der Waals surface area contributed by atoms with E-state index < -0.39 is 0 Å². The molecule has 1 heterocycles. The van der Waals surface area contributed by atoms with E-state index in [-0.39, 0.29) is 11.9 Å². The van der Waals surface area contributed by atoms with Gasteiger partial charge in [0, 0.05) is 24.5 Å². The van der Waals surface area contributed by atoms with E-state index in [0.717, 1.165) is 18.5 Å². The van der Waals surface area contributed by atoms with E-state index in [0.29, 0.717) is 18.0 Å². The molecule has 1 rings (SSSR count). The maximum atomic E-state index is 12.0. The molecule has 0 spiro atoms. The minimum atomic E-state index is -0.0954. The standard InChI is InChI=1S/C14H23N3O/c1-4-11(5-2)13(15)9-17-14(18)12-7-6-8-16-10(12)3/h6-8,11,13H,4-5,9,15H2,1-3H3,(H,17,18). The molecule has 0 radical (unpaired) electrons. The maximum Gasteiger partial charge on any atom is 0.253 e. The quantitative estimate of drug-likeness (QED) is 0.809. The van der Waals surface area contributed by atoms with Crippen LogP contribution in [-0.4, -0.2) is 23.5 Å². The lowest BCUT2D eigenvalue weighted by molar-refractivity contribution is 0.0947. The molecule has 1 atom stereocenters. The number of aromatic nitrogens is 1. The van der Waals surface area contributed by atoms with Gasteiger partial charge in [0.05, 0.1) is 5.56 Å². The van der Waals surface area contributed by atoms with Crippen LogP contribution in [0.2, 0.25) is 0 Å². The molecule has 0 fully saturated rings. The van der Waals surface area contributed by atoms with Gasteiger partial charge >= 0.3 is 0 Å². The smallest absolute Gasteiger partial charge is 0.253 e. The van der Waals surface area contributed by atoms with Gasteiger partial charge in [-0.3, -0.25) is 9.78 Å². The van der Waals surface area contributed by atoms with Gasteiger partial charge in [0.2, 0.25) is 0 Å². The van der Waals surface area contributed by atoms with Crippen molar-refractivity contribution in [3.63, 3.8) is 0 Å². The Balaban J connectivity index is 2.54. The van der Waals surface area contributed by atoms with Crippen LogP contribution in [0.4, 0.5) is 0 Å². The second-order valence-corrected chi connectivity index (χ2v) is 4.59. The van der Waals surface area contributed by atoms with E-state index in [4.69, 9.17) is 5.73 Å². The summed E-state index contributed by atoms with van der Waals surface area (Å²) in [6.45, 7) is 6.59. The number of carbonyl (C=O) groups is 1. The summed E-state index contributed by atoms with van der Waals surface area (Å²) in [5.41, 5.74) is 7.43. The Morgan fingerprint density at radius 1 is 1.44 bits per heavy atom. The van der Waals surface area contributed by atoms with E-state index in [1.54, 1.807) is 18.3 Å². The second-order valence-electron chi connectivity index (χ2n) is 4.59. The normalized spacial score (nSPS) is 12.5. The van der Waals surface area contributed by atoms with Crippen LogP contribution in [0.3, 0.4) is 0 Å². The molecule has 1 aromatic rings. The van der Waals surface area contributed by atoms with Crippen LogP contribution in [0, 0.1) is 12.8 Å². The predicted octanol–water partition coefficient (Wildman–Crippen LogP) is 1.88. The molecule has 0 aromatic carbocycles. The highest BCUT2D eigenvalue weighted by molar-refractivity contribution is 5.95. The molecule has 4 heteroatoms. The van der Waals surface area contributed by atoms with Gasteiger partial charge in [-0.25, -0.2) is 0 Å². The first-order chi connectivity index (χ1) is 8.60. The van der Waals surface area contributed by atoms with Gasteiger partial charge in [-0.1, -0.05) is 26.7 Å². The Morgan fingerprint density at radius 3 is 2.67 bits per heavy atom. The minimum absolute atomic E-state index is 0.0147. The van der Waals surface area contributed by atoms with Gasteiger partial charge in [0.15, 0.2) is 0 Å². The summed E-state index contributed by atoms with van der Waals surface area (Å²) >= 11 is 0. The Morgan fingerprint density at radius 2 is 2.11 bits per heavy atom. The number of nitrogens with one attached hydrogen (secondary N) is 1. The zero-order valence-corrected chi connectivity index (χ0v) is 11.4. The largest absolute Gasteiger partial charge is 0.350 e. The number of aryl methyl sites for hydroxylation is 1. The Bertz CT molecular complexity index is 388. The molecule has 4 nitrogen and oxygen atoms in total. The van der Waals surface area contributed by atoms with Crippen molar-refractivity contribution in [2.75, 3.05) is 6.54 Å². The molecule has 0 bridgehead atoms. The number of nitrogens with zero attached hydrogens (tertiary/aromatic N) is 1. The lowest BCUT2D eigenvalue weighted by atomic mass is 9.95. The summed E-state index contributed by atoms with van der Waals surface area (Å²) in [6, 6.07) is 3.56. The average Bonchev–Trinajstić information content (AvgIpc) is 2.38. The van der Waals surface area contributed by atoms with Gasteiger partial charge in [0.25, 0.3) is 5.91 Å². The average molecular weight is 249 g/mol. The number of carbonyl (C=O) groups excluding carboxylic acids is 1. The first-order valence-electron chi connectivity index (χ1n) is 6.55. The van der Waals surface area contributed by atoms with Crippen LogP contribution in [0.15, 0.2) is 18.3 Å². The third-order valence-electron chi connectivity index (χ3n) is 3.40. The van der Waals surface area contributed by atoms with Crippen LogP contribution in [0.5, 0.6) is 0 Å². The highest BCUT2D eigenvalue weighted by Gasteiger charge is 2.16. The molecule has 1 amide bonds. The van der Waals surface area contributed by atoms with Crippen molar-refractivity contribution >= 4 is 5.91 Å². The summed E-state index contributed by atoms with van der Waals surface area (Å²) in [4.78, 5) is 16.1. The van der Waals surface area contributed by atoms with Gasteiger partial charge < -0.3 is 11.1 Å². The second kappa shape index (κ2) is 7.11. The number of nitrogens with two attached hydrogens (primary N) is 1. The van der Waals surface area contributed by atoms with Gasteiger partial charge in [-0.2, -0.15) is 0 Å². The van der Waals surface area contributed by atoms with E-state index in [1.165, 1.54) is 0 Å². The zero-order valence-electron chi connectivity index (χ0n) is 11.4. The third-order valence-corrected chi connectivity index (χ3v) is 3.40. The van der Waals surface area contributed by atoms with Crippen molar-refractivity contribution in [2.45, 2.75) is 39.7 Å². The maximum absolute atomic E-state index is 12.0. The molecule has 100 valence electrons. The molecular weight excluding hydrogens is 226 g/mol. The summed E-state index contributed by atoms with van der Waals surface area (Å²) in [7, 11) is 0. The molecule has 3 N–H and O–H groups in total. The molecule has 18 heavy (non-hydrogen) atoms. The van der Waals surface area contributed by atoms with Gasteiger partial charge in [0.1, 0.15) is 0 Å². The number of hydrogen-bond acceptors (Lipinski definition) is 3. The van der Waals surface area contributed by atoms with Crippen molar-refractivity contribution in [1.29, 1.82) is 0 Å². The van der Waals surface area contributed by atoms with Crippen LogP contribution in [-0.2, 0) is 0 Å². The Kier molecular flexibility index (Phi) is 5.78. The number of hydrogen-bond donors (Lipinski definition) is 2. The van der Waals surface area contributed by atoms with Crippen molar-refractivity contribution in [1.82, 2.24) is 10.3 Å². The molecule has 0 aliphatic heterocycles. The molecule has 0 aliphatic carbocycles. The summed E-state index contributed by atoms with van der Waals surface area (Å²) in [5.74, 6) is 0.363. The number of pyridine rings is 1. The van der Waals surface area contributed by atoms with Crippen molar-refractivity contribution in [3.05, 3.63) is 29.6 Å². The van der Waals surface area contributed by atoms with Gasteiger partial charge in [-0.15, -0.1) is 0 Å². The first-order valence-corrected chi connectivity index (χ1v) is 6.55. The zero-order chi connectivity index (χ0) is 13.5. The van der Waals surface area contributed by atoms with Crippen molar-refractivity contribution in [3.8, 4) is 0 Å². The van der Waals surface area contributed by atoms with Crippen molar-refractivity contribution < 1.29 is 4.79 Å². The Labute approximate surface area is 109 Å². The molecule has 0 aliphatic rings. The summed E-state index contributed by atoms with van der Waals surface area (Å²) in [6.07, 6.45) is 3.76. The molecule has 0 saturated carbocycles. The highest BCUT2D eigenvalue weighted by Crippen LogP contribution is 2.11. The fourth-order valence-electron chi connectivity index (χ4n) is 2.09. The van der Waals surface area contributed by atoms with E-state index >= 15 is 0 Å². The summed E-state index contributed by atoms with van der Waals surface area (Å²) in [5, 5.41) is 2.88. The van der Waals surface area contributed by atoms with Crippen LogP contribution in [0.25, 0.3) is 0 Å². The lowest BCUT2D eigenvalue weighted by Crippen LogP contribution is -2.42. The van der Waals surface area contributed by atoms with E-state index in [1.807, 2.05) is 6.92 Å². The number of rotatable bonds is 6. The summed E-state index contributed by atoms with van der Waals surface area (Å²) < 4.78 is 0. The minimum Gasteiger partial charge on any atom is -0.350 e. The van der Waals surface area contributed by atoms with Crippen molar-refractivity contribution in [2.24, 2.45) is 11.7 Å². The topological polar surface area (TPSA) is 68.0 Å².